The fourth-order valence-electron chi connectivity index (χ4n) is 1.70. The summed E-state index contributed by atoms with van der Waals surface area (Å²) in [5.41, 5.74) is 1.08. The van der Waals surface area contributed by atoms with Crippen molar-refractivity contribution in [3.8, 4) is 5.75 Å². The summed E-state index contributed by atoms with van der Waals surface area (Å²) in [6, 6.07) is 13.9. The van der Waals surface area contributed by atoms with E-state index in [1.807, 2.05) is 48.7 Å². The van der Waals surface area contributed by atoms with Crippen LogP contribution in [0.25, 0.3) is 0 Å². The van der Waals surface area contributed by atoms with E-state index in [0.29, 0.717) is 6.61 Å². The van der Waals surface area contributed by atoms with Crippen molar-refractivity contribution in [2.24, 2.45) is 0 Å². The average molecular weight is 321 g/mol. The van der Waals surface area contributed by atoms with Gasteiger partial charge in [0.2, 0.25) is 0 Å². The predicted octanol–water partition coefficient (Wildman–Crippen LogP) is 3.35. The minimum atomic E-state index is 0.672. The summed E-state index contributed by atoms with van der Waals surface area (Å²) in [7, 11) is 2.07. The molecular formula is C15H17BrN2O. The molecule has 1 aromatic carbocycles. The third-order valence-electron chi connectivity index (χ3n) is 2.71. The van der Waals surface area contributed by atoms with Crippen LogP contribution in [0.4, 0.5) is 0 Å². The molecular weight excluding hydrogens is 304 g/mol. The fraction of sp³-hybridized carbons (Fsp3) is 0.267. The van der Waals surface area contributed by atoms with Crippen LogP contribution >= 0.6 is 15.9 Å². The van der Waals surface area contributed by atoms with Crippen LogP contribution in [0.5, 0.6) is 5.75 Å². The van der Waals surface area contributed by atoms with Gasteiger partial charge in [0.1, 0.15) is 12.4 Å². The smallest absolute Gasteiger partial charge is 0.119 e. The van der Waals surface area contributed by atoms with Gasteiger partial charge in [-0.1, -0.05) is 22.0 Å². The Kier molecular flexibility index (Phi) is 5.36. The van der Waals surface area contributed by atoms with Crippen molar-refractivity contribution >= 4 is 15.9 Å². The number of hydrogen-bond donors (Lipinski definition) is 0. The van der Waals surface area contributed by atoms with Crippen molar-refractivity contribution in [1.29, 1.82) is 0 Å². The fourth-order valence-corrected chi connectivity index (χ4v) is 1.96. The summed E-state index contributed by atoms with van der Waals surface area (Å²) in [6.07, 6.45) is 1.82. The van der Waals surface area contributed by atoms with E-state index in [4.69, 9.17) is 4.74 Å². The number of rotatable bonds is 6. The molecule has 0 atom stereocenters. The van der Waals surface area contributed by atoms with Gasteiger partial charge in [-0.3, -0.25) is 9.88 Å². The molecule has 0 amide bonds. The van der Waals surface area contributed by atoms with Crippen LogP contribution in [0.3, 0.4) is 0 Å². The molecule has 0 bridgehead atoms. The van der Waals surface area contributed by atoms with E-state index in [1.165, 1.54) is 0 Å². The number of hydrogen-bond acceptors (Lipinski definition) is 3. The van der Waals surface area contributed by atoms with E-state index < -0.39 is 0 Å². The van der Waals surface area contributed by atoms with Gasteiger partial charge in [-0.25, -0.2) is 0 Å². The Labute approximate surface area is 122 Å². The van der Waals surface area contributed by atoms with Gasteiger partial charge in [0.25, 0.3) is 0 Å². The van der Waals surface area contributed by atoms with Crippen LogP contribution in [0, 0.1) is 0 Å². The van der Waals surface area contributed by atoms with E-state index in [0.717, 1.165) is 29.0 Å². The second-order valence-electron chi connectivity index (χ2n) is 4.36. The summed E-state index contributed by atoms with van der Waals surface area (Å²) in [5, 5.41) is 0. The molecule has 19 heavy (non-hydrogen) atoms. The second-order valence-corrected chi connectivity index (χ2v) is 5.28. The Morgan fingerprint density at radius 3 is 2.63 bits per heavy atom. The van der Waals surface area contributed by atoms with Crippen LogP contribution < -0.4 is 4.74 Å². The largest absolute Gasteiger partial charge is 0.492 e. The van der Waals surface area contributed by atoms with Gasteiger partial charge in [-0.15, -0.1) is 0 Å². The number of benzene rings is 1. The Morgan fingerprint density at radius 2 is 1.95 bits per heavy atom. The molecule has 0 aliphatic heterocycles. The van der Waals surface area contributed by atoms with Gasteiger partial charge in [0.15, 0.2) is 0 Å². The zero-order valence-electron chi connectivity index (χ0n) is 10.9. The monoisotopic (exact) mass is 320 g/mol. The molecule has 0 aliphatic rings. The quantitative estimate of drug-likeness (QED) is 0.816. The first-order chi connectivity index (χ1) is 9.24. The Balaban J connectivity index is 1.72. The standard InChI is InChI=1S/C15H17BrN2O/c1-18(12-14-4-2-3-9-17-14)10-11-19-15-7-5-13(16)6-8-15/h2-9H,10-12H2,1H3. The zero-order valence-corrected chi connectivity index (χ0v) is 12.5. The van der Waals surface area contributed by atoms with Crippen LogP contribution in [0.15, 0.2) is 53.1 Å². The Bertz CT molecular complexity index is 487. The van der Waals surface area contributed by atoms with Crippen molar-refractivity contribution in [2.45, 2.75) is 6.54 Å². The third-order valence-corrected chi connectivity index (χ3v) is 3.24. The van der Waals surface area contributed by atoms with Crippen LogP contribution in [-0.4, -0.2) is 30.1 Å². The lowest BCUT2D eigenvalue weighted by Gasteiger charge is -2.16. The molecule has 0 unspecified atom stereocenters. The predicted molar refractivity (Wildman–Crippen MR) is 80.2 cm³/mol. The van der Waals surface area contributed by atoms with Gasteiger partial charge in [0.05, 0.1) is 5.69 Å². The molecule has 4 heteroatoms. The van der Waals surface area contributed by atoms with Gasteiger partial charge in [-0.2, -0.15) is 0 Å². The third kappa shape index (κ3) is 5.01. The van der Waals surface area contributed by atoms with Crippen molar-refractivity contribution in [3.05, 3.63) is 58.8 Å². The van der Waals surface area contributed by atoms with Gasteiger partial charge in [0, 0.05) is 23.8 Å². The molecule has 0 aliphatic carbocycles. The number of pyridine rings is 1. The summed E-state index contributed by atoms with van der Waals surface area (Å²) in [4.78, 5) is 6.50. The molecule has 100 valence electrons. The van der Waals surface area contributed by atoms with Gasteiger partial charge in [-0.05, 0) is 43.4 Å². The van der Waals surface area contributed by atoms with Gasteiger partial charge < -0.3 is 4.74 Å². The topological polar surface area (TPSA) is 25.4 Å². The number of nitrogens with zero attached hydrogens (tertiary/aromatic N) is 2. The molecule has 2 aromatic rings. The first-order valence-electron chi connectivity index (χ1n) is 6.21. The van der Waals surface area contributed by atoms with E-state index in [2.05, 4.69) is 32.9 Å². The Morgan fingerprint density at radius 1 is 1.16 bits per heavy atom. The lowest BCUT2D eigenvalue weighted by atomic mass is 10.3. The molecule has 0 saturated heterocycles. The van der Waals surface area contributed by atoms with E-state index >= 15 is 0 Å². The lowest BCUT2D eigenvalue weighted by Crippen LogP contribution is -2.24. The maximum absolute atomic E-state index is 5.69. The summed E-state index contributed by atoms with van der Waals surface area (Å²) in [6.45, 7) is 2.38. The number of aromatic nitrogens is 1. The van der Waals surface area contributed by atoms with E-state index in [1.54, 1.807) is 0 Å². The average Bonchev–Trinajstić information content (AvgIpc) is 2.42. The van der Waals surface area contributed by atoms with Crippen LogP contribution in [0.2, 0.25) is 0 Å². The molecule has 0 radical (unpaired) electrons. The highest BCUT2D eigenvalue weighted by Crippen LogP contribution is 2.15. The molecule has 0 spiro atoms. The van der Waals surface area contributed by atoms with Crippen molar-refractivity contribution in [2.75, 3.05) is 20.2 Å². The first kappa shape index (κ1) is 14.0. The summed E-state index contributed by atoms with van der Waals surface area (Å²) in [5.74, 6) is 0.898. The highest BCUT2D eigenvalue weighted by atomic mass is 79.9. The molecule has 1 aromatic heterocycles. The van der Waals surface area contributed by atoms with E-state index in [9.17, 15) is 0 Å². The van der Waals surface area contributed by atoms with E-state index in [-0.39, 0.29) is 0 Å². The normalized spacial score (nSPS) is 10.7. The zero-order chi connectivity index (χ0) is 13.5. The molecule has 1 heterocycles. The minimum absolute atomic E-state index is 0.672. The minimum Gasteiger partial charge on any atom is -0.492 e. The molecule has 2 rings (SSSR count). The second kappa shape index (κ2) is 7.26. The number of halogens is 1. The highest BCUT2D eigenvalue weighted by molar-refractivity contribution is 9.10. The van der Waals surface area contributed by atoms with Crippen molar-refractivity contribution in [1.82, 2.24) is 9.88 Å². The number of ether oxygens (including phenoxy) is 1. The van der Waals surface area contributed by atoms with Gasteiger partial charge >= 0.3 is 0 Å². The summed E-state index contributed by atoms with van der Waals surface area (Å²) < 4.78 is 6.75. The number of likely N-dealkylation sites (N-methyl/N-ethyl adjacent to an activating group) is 1. The molecule has 0 saturated carbocycles. The first-order valence-corrected chi connectivity index (χ1v) is 7.00. The van der Waals surface area contributed by atoms with Crippen molar-refractivity contribution < 1.29 is 4.74 Å². The molecule has 0 fully saturated rings. The maximum atomic E-state index is 5.69. The SMILES string of the molecule is CN(CCOc1ccc(Br)cc1)Cc1ccccn1. The summed E-state index contributed by atoms with van der Waals surface area (Å²) >= 11 is 3.40. The van der Waals surface area contributed by atoms with Crippen LogP contribution in [0.1, 0.15) is 5.69 Å². The Hall–Kier alpha value is -1.39. The molecule has 3 nitrogen and oxygen atoms in total. The van der Waals surface area contributed by atoms with Crippen LogP contribution in [-0.2, 0) is 6.54 Å². The van der Waals surface area contributed by atoms with Crippen molar-refractivity contribution in [3.63, 3.8) is 0 Å². The highest BCUT2D eigenvalue weighted by Gasteiger charge is 2.01. The molecule has 0 N–H and O–H groups in total. The maximum Gasteiger partial charge on any atom is 0.119 e. The lowest BCUT2D eigenvalue weighted by molar-refractivity contribution is 0.231.